The van der Waals surface area contributed by atoms with E-state index in [-0.39, 0.29) is 6.03 Å². The van der Waals surface area contributed by atoms with Gasteiger partial charge in [0.1, 0.15) is 17.7 Å². The summed E-state index contributed by atoms with van der Waals surface area (Å²) in [7, 11) is 3.35. The van der Waals surface area contributed by atoms with Crippen LogP contribution in [0, 0.1) is 0 Å². The van der Waals surface area contributed by atoms with Gasteiger partial charge in [-0.25, -0.2) is 40.6 Å². The Morgan fingerprint density at radius 2 is 2.00 bits per heavy atom. The maximum Gasteiger partial charge on any atom is 0.341 e. The Hall–Kier alpha value is -4.10. The van der Waals surface area contributed by atoms with E-state index in [1.807, 2.05) is 29.4 Å². The highest BCUT2D eigenvalue weighted by Crippen LogP contribution is 2.38. The van der Waals surface area contributed by atoms with Gasteiger partial charge < -0.3 is 14.1 Å². The number of pyridine rings is 1. The van der Waals surface area contributed by atoms with Crippen molar-refractivity contribution in [2.24, 2.45) is 15.8 Å². The van der Waals surface area contributed by atoms with Gasteiger partial charge >= 0.3 is 6.03 Å². The van der Waals surface area contributed by atoms with Gasteiger partial charge in [-0.3, -0.25) is 9.80 Å². The average Bonchev–Trinajstić information content (AvgIpc) is 3.63. The second-order valence-electron chi connectivity index (χ2n) is 8.86. The van der Waals surface area contributed by atoms with Crippen molar-refractivity contribution in [3.05, 3.63) is 48.2 Å². The van der Waals surface area contributed by atoms with Crippen LogP contribution in [0.5, 0.6) is 5.88 Å². The van der Waals surface area contributed by atoms with Crippen molar-refractivity contribution in [3.63, 3.8) is 0 Å². The number of amidine groups is 1. The number of methoxy groups -OCH3 is 1. The lowest BCUT2D eigenvalue weighted by atomic mass is 10.2. The van der Waals surface area contributed by atoms with Gasteiger partial charge in [0.15, 0.2) is 11.6 Å². The molecule has 13 heteroatoms. The Balaban J connectivity index is 1.13. The first kappa shape index (κ1) is 22.4. The molecule has 1 atom stereocenters. The number of urea groups is 1. The van der Waals surface area contributed by atoms with Crippen LogP contribution in [0.25, 0.3) is 5.70 Å². The fourth-order valence-electron chi connectivity index (χ4n) is 4.93. The average molecular weight is 493 g/mol. The van der Waals surface area contributed by atoms with E-state index in [9.17, 15) is 4.79 Å². The number of hydrogen-bond donors (Lipinski definition) is 1. The number of carbonyl (C=O) groups excluding carboxylic acids is 1. The number of hydrazine groups is 2. The van der Waals surface area contributed by atoms with Crippen molar-refractivity contribution in [2.45, 2.75) is 6.29 Å². The predicted molar refractivity (Wildman–Crippen MR) is 133 cm³/mol. The van der Waals surface area contributed by atoms with E-state index < -0.39 is 6.29 Å². The second-order valence-corrected chi connectivity index (χ2v) is 8.86. The van der Waals surface area contributed by atoms with Gasteiger partial charge in [-0.05, 0) is 18.2 Å². The quantitative estimate of drug-likeness (QED) is 0.580. The highest BCUT2D eigenvalue weighted by atomic mass is 16.5. The van der Waals surface area contributed by atoms with Crippen LogP contribution in [0.4, 0.5) is 10.5 Å². The largest absolute Gasteiger partial charge is 0.481 e. The van der Waals surface area contributed by atoms with Gasteiger partial charge in [0.2, 0.25) is 12.2 Å². The fourth-order valence-corrected chi connectivity index (χ4v) is 4.93. The maximum absolute atomic E-state index is 13.2. The van der Waals surface area contributed by atoms with Crippen LogP contribution in [-0.4, -0.2) is 108 Å². The molecule has 0 saturated carbocycles. The molecule has 4 aliphatic heterocycles. The SMILES string of the molecule is COc1ccc(N2CCN(CCN3C(=O)N(C)N4C5=C(c6ccco6)N=CN(N)C5=NC34)CC2)cn1. The normalized spacial score (nSPS) is 22.0. The summed E-state index contributed by atoms with van der Waals surface area (Å²) in [5.41, 5.74) is 2.33. The third-order valence-corrected chi connectivity index (χ3v) is 6.88. The molecule has 1 unspecified atom stereocenters. The molecular weight excluding hydrogens is 464 g/mol. The van der Waals surface area contributed by atoms with Crippen molar-refractivity contribution in [1.29, 1.82) is 0 Å². The number of nitrogens with two attached hydrogens (primary N) is 1. The predicted octanol–water partition coefficient (Wildman–Crippen LogP) is 0.672. The van der Waals surface area contributed by atoms with Crippen molar-refractivity contribution < 1.29 is 13.9 Å². The minimum absolute atomic E-state index is 0.116. The standard InChI is InChI=1S/C23H28N10O3/c1-28-23(34)31(12-9-29-7-10-30(11-8-29)16-5-6-18(35-2)25-14-16)22-27-21-20(33(22)28)19(26-15-32(21)24)17-4-3-13-36-17/h3-6,13-15,22H,7-12,24H2,1-2H3. The van der Waals surface area contributed by atoms with Crippen LogP contribution in [0.15, 0.2) is 56.8 Å². The van der Waals surface area contributed by atoms with Crippen LogP contribution in [-0.2, 0) is 0 Å². The number of aromatic nitrogens is 1. The Morgan fingerprint density at radius 1 is 1.17 bits per heavy atom. The van der Waals surface area contributed by atoms with E-state index in [2.05, 4.69) is 19.8 Å². The zero-order chi connectivity index (χ0) is 24.8. The molecule has 4 aliphatic rings. The number of furan rings is 1. The van der Waals surface area contributed by atoms with E-state index in [1.165, 1.54) is 11.3 Å². The number of nitrogens with zero attached hydrogens (tertiary/aromatic N) is 9. The lowest BCUT2D eigenvalue weighted by molar-refractivity contribution is 0.0841. The molecule has 6 rings (SSSR count). The highest BCUT2D eigenvalue weighted by Gasteiger charge is 2.51. The highest BCUT2D eigenvalue weighted by molar-refractivity contribution is 6.12. The number of aliphatic imine (C=N–C) groups is 2. The molecule has 188 valence electrons. The van der Waals surface area contributed by atoms with Gasteiger partial charge in [0.25, 0.3) is 0 Å². The molecule has 2 aromatic heterocycles. The summed E-state index contributed by atoms with van der Waals surface area (Å²) in [5.74, 6) is 7.90. The molecular formula is C23H28N10O3. The van der Waals surface area contributed by atoms with Crippen LogP contribution in [0.3, 0.4) is 0 Å². The van der Waals surface area contributed by atoms with Gasteiger partial charge in [-0.2, -0.15) is 0 Å². The molecule has 0 bridgehead atoms. The summed E-state index contributed by atoms with van der Waals surface area (Å²) in [6.45, 7) is 4.85. The summed E-state index contributed by atoms with van der Waals surface area (Å²) in [6, 6.07) is 7.42. The van der Waals surface area contributed by atoms with E-state index in [0.717, 1.165) is 38.4 Å². The van der Waals surface area contributed by atoms with Gasteiger partial charge in [0.05, 0.1) is 25.3 Å². The second kappa shape index (κ2) is 8.84. The third kappa shape index (κ3) is 3.63. The zero-order valence-electron chi connectivity index (χ0n) is 20.2. The Kier molecular flexibility index (Phi) is 5.49. The smallest absolute Gasteiger partial charge is 0.341 e. The first-order chi connectivity index (χ1) is 17.5. The summed E-state index contributed by atoms with van der Waals surface area (Å²) >= 11 is 0. The first-order valence-electron chi connectivity index (χ1n) is 11.8. The number of fused-ring (bicyclic) bond motifs is 3. The summed E-state index contributed by atoms with van der Waals surface area (Å²) < 4.78 is 10.7. The number of carbonyl (C=O) groups is 1. The third-order valence-electron chi connectivity index (χ3n) is 6.88. The van der Waals surface area contributed by atoms with Crippen molar-refractivity contribution >= 4 is 29.6 Å². The van der Waals surface area contributed by atoms with Gasteiger partial charge in [-0.1, -0.05) is 0 Å². The molecule has 36 heavy (non-hydrogen) atoms. The first-order valence-corrected chi connectivity index (χ1v) is 11.8. The molecule has 13 nitrogen and oxygen atoms in total. The lowest BCUT2D eigenvalue weighted by Crippen LogP contribution is -2.49. The zero-order valence-corrected chi connectivity index (χ0v) is 20.2. The Bertz CT molecular complexity index is 1220. The number of piperazine rings is 1. The summed E-state index contributed by atoms with van der Waals surface area (Å²) in [5, 5.41) is 4.78. The van der Waals surface area contributed by atoms with E-state index in [4.69, 9.17) is 20.0 Å². The van der Waals surface area contributed by atoms with Crippen LogP contribution in [0.2, 0.25) is 0 Å². The molecule has 2 fully saturated rings. The number of anilines is 1. The number of amides is 2. The van der Waals surface area contributed by atoms with Gasteiger partial charge in [0, 0.05) is 52.4 Å². The molecule has 0 aromatic carbocycles. The van der Waals surface area contributed by atoms with Crippen LogP contribution in [0.1, 0.15) is 5.76 Å². The van der Waals surface area contributed by atoms with Crippen molar-refractivity contribution in [1.82, 2.24) is 29.8 Å². The van der Waals surface area contributed by atoms with Crippen molar-refractivity contribution in [2.75, 3.05) is 58.3 Å². The van der Waals surface area contributed by atoms with Crippen molar-refractivity contribution in [3.8, 4) is 5.88 Å². The number of hydrogen-bond acceptors (Lipinski definition) is 11. The van der Waals surface area contributed by atoms with Gasteiger partial charge in [-0.15, -0.1) is 0 Å². The summed E-state index contributed by atoms with van der Waals surface area (Å²) in [6.07, 6.45) is 4.42. The molecule has 0 aliphatic carbocycles. The molecule has 2 N–H and O–H groups in total. The Morgan fingerprint density at radius 3 is 2.69 bits per heavy atom. The number of rotatable bonds is 6. The molecule has 0 spiro atoms. The molecule has 2 aromatic rings. The van der Waals surface area contributed by atoms with Crippen LogP contribution >= 0.6 is 0 Å². The maximum atomic E-state index is 13.2. The van der Waals surface area contributed by atoms with E-state index in [0.29, 0.717) is 35.4 Å². The molecule has 6 heterocycles. The molecule has 2 amide bonds. The van der Waals surface area contributed by atoms with E-state index >= 15 is 0 Å². The fraction of sp³-hybridized carbons (Fsp3) is 0.391. The summed E-state index contributed by atoms with van der Waals surface area (Å²) in [4.78, 5) is 33.2. The molecule has 2 saturated heterocycles. The minimum atomic E-state index is -0.517. The monoisotopic (exact) mass is 492 g/mol. The topological polar surface area (TPSA) is 123 Å². The van der Waals surface area contributed by atoms with E-state index in [1.54, 1.807) is 36.4 Å². The van der Waals surface area contributed by atoms with Crippen LogP contribution < -0.4 is 15.5 Å². The minimum Gasteiger partial charge on any atom is -0.481 e. The lowest BCUT2D eigenvalue weighted by Gasteiger charge is -2.36. The molecule has 0 radical (unpaired) electrons. The number of ether oxygens (including phenoxy) is 1. The Labute approximate surface area is 208 Å².